The molecule has 0 saturated carbocycles. The fraction of sp³-hybridized carbons (Fsp3) is 0.133. The number of aryl methyl sites for hydroxylation is 1. The Bertz CT molecular complexity index is 730. The molecule has 3 rings (SSSR count). The van der Waals surface area contributed by atoms with Gasteiger partial charge in [-0.15, -0.1) is 0 Å². The molecule has 0 saturated heterocycles. The normalized spacial score (nSPS) is 10.8. The molecule has 3 aromatic rings. The molecule has 4 heteroatoms. The van der Waals surface area contributed by atoms with Crippen molar-refractivity contribution >= 4 is 28.1 Å². The summed E-state index contributed by atoms with van der Waals surface area (Å²) < 4.78 is 2.01. The van der Waals surface area contributed by atoms with Crippen LogP contribution in [0.3, 0.4) is 0 Å². The molecule has 0 aliphatic heterocycles. The van der Waals surface area contributed by atoms with Crippen molar-refractivity contribution in [2.24, 2.45) is 7.05 Å². The lowest BCUT2D eigenvalue weighted by Crippen LogP contribution is -2.09. The van der Waals surface area contributed by atoms with E-state index in [0.717, 1.165) is 28.1 Å². The topological polar surface area (TPSA) is 47.1 Å². The van der Waals surface area contributed by atoms with Crippen molar-refractivity contribution in [1.29, 1.82) is 0 Å². The van der Waals surface area contributed by atoms with Gasteiger partial charge in [0.25, 0.3) is 0 Å². The van der Waals surface area contributed by atoms with Gasteiger partial charge in [0.15, 0.2) is 0 Å². The Labute approximate surface area is 112 Å². The van der Waals surface area contributed by atoms with Crippen LogP contribution >= 0.6 is 0 Å². The smallest absolute Gasteiger partial charge is 0.0955 e. The first-order valence-corrected chi connectivity index (χ1v) is 6.15. The molecular weight excluding hydrogens is 236 g/mol. The first-order valence-electron chi connectivity index (χ1n) is 6.15. The monoisotopic (exact) mass is 252 g/mol. The summed E-state index contributed by atoms with van der Waals surface area (Å²) in [6, 6.07) is 14.1. The molecule has 0 amide bonds. The molecule has 0 aliphatic rings. The van der Waals surface area contributed by atoms with Gasteiger partial charge in [0.1, 0.15) is 0 Å². The van der Waals surface area contributed by atoms with Crippen LogP contribution in [0.15, 0.2) is 48.8 Å². The SMILES string of the molecule is CN(c1cccc(N)c1)c1ccc2c(c1)ncn2C. The highest BCUT2D eigenvalue weighted by molar-refractivity contribution is 5.81. The minimum atomic E-state index is 0.767. The number of hydrogen-bond donors (Lipinski definition) is 1. The molecule has 0 spiro atoms. The molecule has 4 nitrogen and oxygen atoms in total. The zero-order valence-corrected chi connectivity index (χ0v) is 11.0. The number of fused-ring (bicyclic) bond motifs is 1. The van der Waals surface area contributed by atoms with Crippen LogP contribution in [0.5, 0.6) is 0 Å². The molecule has 0 aliphatic carbocycles. The molecule has 19 heavy (non-hydrogen) atoms. The molecule has 0 bridgehead atoms. The number of hydrogen-bond acceptors (Lipinski definition) is 3. The van der Waals surface area contributed by atoms with E-state index < -0.39 is 0 Å². The second kappa shape index (κ2) is 4.31. The summed E-state index contributed by atoms with van der Waals surface area (Å²) in [5.41, 5.74) is 10.9. The highest BCUT2D eigenvalue weighted by Crippen LogP contribution is 2.27. The van der Waals surface area contributed by atoms with Crippen LogP contribution in [0.2, 0.25) is 0 Å². The number of benzene rings is 2. The van der Waals surface area contributed by atoms with E-state index in [2.05, 4.69) is 28.1 Å². The van der Waals surface area contributed by atoms with Gasteiger partial charge >= 0.3 is 0 Å². The Kier molecular flexibility index (Phi) is 2.63. The Hall–Kier alpha value is -2.49. The second-order valence-corrected chi connectivity index (χ2v) is 4.68. The van der Waals surface area contributed by atoms with Gasteiger partial charge in [-0.3, -0.25) is 0 Å². The molecule has 2 aromatic carbocycles. The first kappa shape index (κ1) is 11.6. The summed E-state index contributed by atoms with van der Waals surface area (Å²) in [6.07, 6.45) is 1.83. The van der Waals surface area contributed by atoms with Gasteiger partial charge in [-0.05, 0) is 36.4 Å². The number of rotatable bonds is 2. The Morgan fingerprint density at radius 1 is 1.11 bits per heavy atom. The third-order valence-corrected chi connectivity index (χ3v) is 3.35. The summed E-state index contributed by atoms with van der Waals surface area (Å²) in [6.45, 7) is 0. The Balaban J connectivity index is 2.03. The summed E-state index contributed by atoms with van der Waals surface area (Å²) in [5.74, 6) is 0. The highest BCUT2D eigenvalue weighted by atomic mass is 15.1. The molecule has 0 atom stereocenters. The van der Waals surface area contributed by atoms with Crippen molar-refractivity contribution in [3.8, 4) is 0 Å². The van der Waals surface area contributed by atoms with Gasteiger partial charge in [-0.1, -0.05) is 6.07 Å². The van der Waals surface area contributed by atoms with Gasteiger partial charge in [0.2, 0.25) is 0 Å². The summed E-state index contributed by atoms with van der Waals surface area (Å²) in [5, 5.41) is 0. The predicted octanol–water partition coefficient (Wildman–Crippen LogP) is 2.92. The number of nitrogens with zero attached hydrogens (tertiary/aromatic N) is 3. The van der Waals surface area contributed by atoms with Crippen LogP contribution in [-0.2, 0) is 7.05 Å². The second-order valence-electron chi connectivity index (χ2n) is 4.68. The lowest BCUT2D eigenvalue weighted by molar-refractivity contribution is 0.947. The largest absolute Gasteiger partial charge is 0.399 e. The van der Waals surface area contributed by atoms with Crippen molar-refractivity contribution in [2.75, 3.05) is 17.7 Å². The van der Waals surface area contributed by atoms with Crippen LogP contribution < -0.4 is 10.6 Å². The lowest BCUT2D eigenvalue weighted by atomic mass is 10.2. The zero-order valence-electron chi connectivity index (χ0n) is 11.0. The molecule has 96 valence electrons. The molecule has 0 unspecified atom stereocenters. The average Bonchev–Trinajstić information content (AvgIpc) is 2.79. The van der Waals surface area contributed by atoms with E-state index in [1.54, 1.807) is 0 Å². The Morgan fingerprint density at radius 3 is 2.68 bits per heavy atom. The van der Waals surface area contributed by atoms with Gasteiger partial charge in [-0.25, -0.2) is 4.98 Å². The first-order chi connectivity index (χ1) is 9.15. The maximum absolute atomic E-state index is 5.83. The summed E-state index contributed by atoms with van der Waals surface area (Å²) in [7, 11) is 4.02. The van der Waals surface area contributed by atoms with Gasteiger partial charge in [0.05, 0.1) is 17.4 Å². The minimum Gasteiger partial charge on any atom is -0.399 e. The van der Waals surface area contributed by atoms with E-state index in [1.807, 2.05) is 49.3 Å². The third kappa shape index (κ3) is 2.01. The van der Waals surface area contributed by atoms with Crippen LogP contribution in [-0.4, -0.2) is 16.6 Å². The fourth-order valence-corrected chi connectivity index (χ4v) is 2.22. The maximum atomic E-state index is 5.83. The van der Waals surface area contributed by atoms with Crippen molar-refractivity contribution in [2.45, 2.75) is 0 Å². The van der Waals surface area contributed by atoms with Crippen molar-refractivity contribution in [3.63, 3.8) is 0 Å². The quantitative estimate of drug-likeness (QED) is 0.713. The number of nitrogen functional groups attached to an aromatic ring is 1. The maximum Gasteiger partial charge on any atom is 0.0955 e. The molecule has 1 aromatic heterocycles. The summed E-state index contributed by atoms with van der Waals surface area (Å²) >= 11 is 0. The average molecular weight is 252 g/mol. The number of aromatic nitrogens is 2. The van der Waals surface area contributed by atoms with E-state index in [1.165, 1.54) is 0 Å². The number of nitrogens with two attached hydrogens (primary N) is 1. The van der Waals surface area contributed by atoms with Gasteiger partial charge in [-0.2, -0.15) is 0 Å². The van der Waals surface area contributed by atoms with Gasteiger partial charge in [0, 0.05) is 31.2 Å². The molecular formula is C15H16N4. The number of imidazole rings is 1. The van der Waals surface area contributed by atoms with E-state index in [-0.39, 0.29) is 0 Å². The van der Waals surface area contributed by atoms with E-state index >= 15 is 0 Å². The van der Waals surface area contributed by atoms with Crippen molar-refractivity contribution in [1.82, 2.24) is 9.55 Å². The van der Waals surface area contributed by atoms with Crippen LogP contribution in [0.4, 0.5) is 17.1 Å². The van der Waals surface area contributed by atoms with Crippen LogP contribution in [0.25, 0.3) is 11.0 Å². The number of anilines is 3. The van der Waals surface area contributed by atoms with E-state index in [0.29, 0.717) is 0 Å². The van der Waals surface area contributed by atoms with E-state index in [4.69, 9.17) is 5.73 Å². The molecule has 2 N–H and O–H groups in total. The van der Waals surface area contributed by atoms with Crippen LogP contribution in [0.1, 0.15) is 0 Å². The zero-order chi connectivity index (χ0) is 13.4. The molecule has 1 heterocycles. The van der Waals surface area contributed by atoms with Crippen molar-refractivity contribution in [3.05, 3.63) is 48.8 Å². The third-order valence-electron chi connectivity index (χ3n) is 3.35. The van der Waals surface area contributed by atoms with E-state index in [9.17, 15) is 0 Å². The fourth-order valence-electron chi connectivity index (χ4n) is 2.22. The van der Waals surface area contributed by atoms with Crippen molar-refractivity contribution < 1.29 is 0 Å². The Morgan fingerprint density at radius 2 is 1.89 bits per heavy atom. The summed E-state index contributed by atoms with van der Waals surface area (Å²) in [4.78, 5) is 6.49. The predicted molar refractivity (Wildman–Crippen MR) is 79.6 cm³/mol. The standard InChI is InChI=1S/C15H16N4/c1-18-10-17-14-9-13(6-7-15(14)18)19(2)12-5-3-4-11(16)8-12/h3-10H,16H2,1-2H3. The molecule has 0 radical (unpaired) electrons. The molecule has 0 fully saturated rings. The van der Waals surface area contributed by atoms with Crippen LogP contribution in [0, 0.1) is 0 Å². The highest BCUT2D eigenvalue weighted by Gasteiger charge is 2.07. The van der Waals surface area contributed by atoms with Gasteiger partial charge < -0.3 is 15.2 Å². The lowest BCUT2D eigenvalue weighted by Gasteiger charge is -2.19. The minimum absolute atomic E-state index is 0.767.